The molecule has 3 rings (SSSR count). The number of nitrogens with one attached hydrogen (secondary N) is 2. The predicted molar refractivity (Wildman–Crippen MR) is 123 cm³/mol. The SMILES string of the molecule is O=C(O)CC[C@H](NC(=O)c1ccc(-c2ccccc2)cc1)C(=O)NCCc1ccccc1. The largest absolute Gasteiger partial charge is 0.481 e. The lowest BCUT2D eigenvalue weighted by Crippen LogP contribution is -2.47. The first kappa shape index (κ1) is 22.7. The number of carbonyl (C=O) groups is 3. The third-order valence-electron chi connectivity index (χ3n) is 5.08. The van der Waals surface area contributed by atoms with Gasteiger partial charge in [0.1, 0.15) is 6.04 Å². The Kier molecular flexibility index (Phi) is 8.15. The van der Waals surface area contributed by atoms with E-state index in [0.29, 0.717) is 18.5 Å². The highest BCUT2D eigenvalue weighted by atomic mass is 16.4. The van der Waals surface area contributed by atoms with Gasteiger partial charge < -0.3 is 15.7 Å². The molecule has 3 N–H and O–H groups in total. The molecule has 6 heteroatoms. The van der Waals surface area contributed by atoms with Crippen molar-refractivity contribution in [3.05, 3.63) is 96.1 Å². The molecule has 32 heavy (non-hydrogen) atoms. The van der Waals surface area contributed by atoms with Crippen LogP contribution in [0.15, 0.2) is 84.9 Å². The molecule has 6 nitrogen and oxygen atoms in total. The summed E-state index contributed by atoms with van der Waals surface area (Å²) in [6.45, 7) is 0.397. The highest BCUT2D eigenvalue weighted by Crippen LogP contribution is 2.19. The van der Waals surface area contributed by atoms with Gasteiger partial charge in [-0.15, -0.1) is 0 Å². The Morgan fingerprint density at radius 2 is 1.38 bits per heavy atom. The fourth-order valence-electron chi connectivity index (χ4n) is 3.32. The zero-order valence-corrected chi connectivity index (χ0v) is 17.7. The number of rotatable bonds is 10. The van der Waals surface area contributed by atoms with Crippen LogP contribution in [0.3, 0.4) is 0 Å². The first-order valence-corrected chi connectivity index (χ1v) is 10.5. The molecule has 0 saturated heterocycles. The Bertz CT molecular complexity index is 1030. The van der Waals surface area contributed by atoms with Gasteiger partial charge in [0.05, 0.1) is 0 Å². The van der Waals surface area contributed by atoms with Gasteiger partial charge in [-0.3, -0.25) is 14.4 Å². The Morgan fingerprint density at radius 3 is 2.00 bits per heavy atom. The van der Waals surface area contributed by atoms with Crippen LogP contribution in [-0.2, 0) is 16.0 Å². The lowest BCUT2D eigenvalue weighted by atomic mass is 10.0. The van der Waals surface area contributed by atoms with Gasteiger partial charge in [0.2, 0.25) is 5.91 Å². The molecule has 0 aliphatic rings. The van der Waals surface area contributed by atoms with E-state index in [0.717, 1.165) is 16.7 Å². The van der Waals surface area contributed by atoms with Gasteiger partial charge in [-0.05, 0) is 41.7 Å². The summed E-state index contributed by atoms with van der Waals surface area (Å²) in [5.41, 5.74) is 3.50. The molecule has 2 amide bonds. The molecule has 0 aromatic heterocycles. The predicted octanol–water partition coefficient (Wildman–Crippen LogP) is 3.68. The molecular weight excluding hydrogens is 404 g/mol. The van der Waals surface area contributed by atoms with Crippen molar-refractivity contribution in [2.75, 3.05) is 6.54 Å². The first-order chi connectivity index (χ1) is 15.5. The normalized spacial score (nSPS) is 11.4. The van der Waals surface area contributed by atoms with Gasteiger partial charge >= 0.3 is 5.97 Å². The van der Waals surface area contributed by atoms with Crippen molar-refractivity contribution in [3.8, 4) is 11.1 Å². The van der Waals surface area contributed by atoms with E-state index in [-0.39, 0.29) is 12.8 Å². The number of benzene rings is 3. The number of carboxylic acids is 1. The van der Waals surface area contributed by atoms with E-state index in [4.69, 9.17) is 5.11 Å². The number of aliphatic carboxylic acids is 1. The minimum atomic E-state index is -1.02. The minimum absolute atomic E-state index is 0.0142. The van der Waals surface area contributed by atoms with Crippen molar-refractivity contribution < 1.29 is 19.5 Å². The molecule has 0 unspecified atom stereocenters. The topological polar surface area (TPSA) is 95.5 Å². The molecule has 164 valence electrons. The van der Waals surface area contributed by atoms with E-state index in [9.17, 15) is 14.4 Å². The van der Waals surface area contributed by atoms with Crippen molar-refractivity contribution in [2.45, 2.75) is 25.3 Å². The molecule has 3 aromatic rings. The minimum Gasteiger partial charge on any atom is -0.481 e. The summed E-state index contributed by atoms with van der Waals surface area (Å²) in [4.78, 5) is 36.4. The van der Waals surface area contributed by atoms with Gasteiger partial charge in [0.15, 0.2) is 0 Å². The molecule has 0 saturated carbocycles. The van der Waals surface area contributed by atoms with Crippen LogP contribution < -0.4 is 10.6 Å². The van der Waals surface area contributed by atoms with Crippen molar-refractivity contribution in [1.82, 2.24) is 10.6 Å². The second-order valence-electron chi connectivity index (χ2n) is 7.43. The molecule has 0 heterocycles. The first-order valence-electron chi connectivity index (χ1n) is 10.5. The summed E-state index contributed by atoms with van der Waals surface area (Å²) in [6, 6.07) is 25.6. The summed E-state index contributed by atoms with van der Waals surface area (Å²) >= 11 is 0. The summed E-state index contributed by atoms with van der Waals surface area (Å²) in [5, 5.41) is 14.5. The second-order valence-corrected chi connectivity index (χ2v) is 7.43. The summed E-state index contributed by atoms with van der Waals surface area (Å²) in [5.74, 6) is -1.83. The van der Waals surface area contributed by atoms with Crippen LogP contribution in [0, 0.1) is 0 Å². The third-order valence-corrected chi connectivity index (χ3v) is 5.08. The van der Waals surface area contributed by atoms with Crippen LogP contribution in [0.25, 0.3) is 11.1 Å². The fraction of sp³-hybridized carbons (Fsp3) is 0.192. The molecule has 0 aliphatic heterocycles. The smallest absolute Gasteiger partial charge is 0.303 e. The number of amides is 2. The molecule has 0 fully saturated rings. The van der Waals surface area contributed by atoms with Crippen LogP contribution in [0.4, 0.5) is 0 Å². The lowest BCUT2D eigenvalue weighted by Gasteiger charge is -2.18. The zero-order valence-electron chi connectivity index (χ0n) is 17.7. The van der Waals surface area contributed by atoms with Crippen molar-refractivity contribution in [2.24, 2.45) is 0 Å². The van der Waals surface area contributed by atoms with E-state index in [1.54, 1.807) is 12.1 Å². The maximum absolute atomic E-state index is 12.7. The summed E-state index contributed by atoms with van der Waals surface area (Å²) < 4.78 is 0. The lowest BCUT2D eigenvalue weighted by molar-refractivity contribution is -0.137. The Labute approximate surface area is 187 Å². The van der Waals surface area contributed by atoms with Crippen molar-refractivity contribution in [3.63, 3.8) is 0 Å². The highest BCUT2D eigenvalue weighted by molar-refractivity contribution is 5.98. The monoisotopic (exact) mass is 430 g/mol. The van der Waals surface area contributed by atoms with E-state index >= 15 is 0 Å². The Hall–Kier alpha value is -3.93. The van der Waals surface area contributed by atoms with Crippen LogP contribution in [-0.4, -0.2) is 35.5 Å². The van der Waals surface area contributed by atoms with Crippen LogP contribution in [0.2, 0.25) is 0 Å². The van der Waals surface area contributed by atoms with Crippen LogP contribution >= 0.6 is 0 Å². The standard InChI is InChI=1S/C26H26N2O4/c29-24(30)16-15-23(26(32)27-18-17-19-7-3-1-4-8-19)28-25(31)22-13-11-21(12-14-22)20-9-5-2-6-10-20/h1-14,23H,15-18H2,(H,27,32)(H,28,31)(H,29,30)/t23-/m0/s1. The van der Waals surface area contributed by atoms with Gasteiger partial charge in [0, 0.05) is 18.5 Å². The van der Waals surface area contributed by atoms with Crippen LogP contribution in [0.1, 0.15) is 28.8 Å². The molecule has 0 radical (unpaired) electrons. The quantitative estimate of drug-likeness (QED) is 0.457. The molecule has 0 bridgehead atoms. The van der Waals surface area contributed by atoms with Gasteiger partial charge in [-0.25, -0.2) is 0 Å². The Balaban J connectivity index is 1.61. The zero-order chi connectivity index (χ0) is 22.8. The average molecular weight is 431 g/mol. The third kappa shape index (κ3) is 6.80. The summed E-state index contributed by atoms with van der Waals surface area (Å²) in [7, 11) is 0. The molecule has 0 spiro atoms. The van der Waals surface area contributed by atoms with Crippen molar-refractivity contribution >= 4 is 17.8 Å². The summed E-state index contributed by atoms with van der Waals surface area (Å²) in [6.07, 6.45) is 0.442. The second kappa shape index (κ2) is 11.5. The number of hydrogen-bond donors (Lipinski definition) is 3. The maximum atomic E-state index is 12.7. The fourth-order valence-corrected chi connectivity index (χ4v) is 3.32. The van der Waals surface area contributed by atoms with Crippen molar-refractivity contribution in [1.29, 1.82) is 0 Å². The average Bonchev–Trinajstić information content (AvgIpc) is 2.82. The van der Waals surface area contributed by atoms with Crippen LogP contribution in [0.5, 0.6) is 0 Å². The van der Waals surface area contributed by atoms with Gasteiger partial charge in [-0.2, -0.15) is 0 Å². The molecule has 0 aliphatic carbocycles. The Morgan fingerprint density at radius 1 is 0.781 bits per heavy atom. The van der Waals surface area contributed by atoms with E-state index in [2.05, 4.69) is 10.6 Å². The van der Waals surface area contributed by atoms with E-state index < -0.39 is 23.8 Å². The van der Waals surface area contributed by atoms with Gasteiger partial charge in [0.25, 0.3) is 5.91 Å². The van der Waals surface area contributed by atoms with E-state index in [1.807, 2.05) is 72.8 Å². The number of carboxylic acid groups (broad SMARTS) is 1. The molecular formula is C26H26N2O4. The number of hydrogen-bond acceptors (Lipinski definition) is 3. The molecule has 3 aromatic carbocycles. The number of carbonyl (C=O) groups excluding carboxylic acids is 2. The van der Waals surface area contributed by atoms with Gasteiger partial charge in [-0.1, -0.05) is 72.8 Å². The maximum Gasteiger partial charge on any atom is 0.303 e. The highest BCUT2D eigenvalue weighted by Gasteiger charge is 2.22. The van der Waals surface area contributed by atoms with E-state index in [1.165, 1.54) is 0 Å². The molecule has 1 atom stereocenters.